The summed E-state index contributed by atoms with van der Waals surface area (Å²) in [6.45, 7) is 1.66. The third kappa shape index (κ3) is 2.65. The van der Waals surface area contributed by atoms with Gasteiger partial charge in [-0.05, 0) is 30.7 Å². The van der Waals surface area contributed by atoms with E-state index in [4.69, 9.17) is 11.6 Å². The molecule has 2 rings (SSSR count). The molecular weight excluding hydrogens is 243 g/mol. The highest BCUT2D eigenvalue weighted by Gasteiger charge is 2.09. The maximum Gasteiger partial charge on any atom is 0.272 e. The molecule has 1 heterocycles. The number of amides is 1. The molecule has 0 unspecified atom stereocenters. The Labute approximate surface area is 103 Å². The van der Waals surface area contributed by atoms with Gasteiger partial charge in [-0.3, -0.25) is 4.79 Å². The predicted molar refractivity (Wildman–Crippen MR) is 64.9 cm³/mol. The lowest BCUT2D eigenvalue weighted by Gasteiger charge is -2.04. The molecule has 5 heteroatoms. The number of carbonyl (C=O) groups excluding carboxylic acids is 1. The van der Waals surface area contributed by atoms with Crippen LogP contribution >= 0.6 is 11.6 Å². The van der Waals surface area contributed by atoms with E-state index in [2.05, 4.69) is 10.3 Å². The molecule has 0 aliphatic rings. The number of anilines is 1. The Kier molecular flexibility index (Phi) is 3.15. The van der Waals surface area contributed by atoms with Crippen LogP contribution in [0.5, 0.6) is 0 Å². The molecule has 0 spiro atoms. The number of halogens is 2. The van der Waals surface area contributed by atoms with Crippen molar-refractivity contribution in [3.8, 4) is 0 Å². The normalized spacial score (nSPS) is 10.3. The first-order valence-corrected chi connectivity index (χ1v) is 5.35. The average Bonchev–Trinajstić information content (AvgIpc) is 2.70. The van der Waals surface area contributed by atoms with Gasteiger partial charge < -0.3 is 10.3 Å². The molecular formula is C12H10ClFN2O. The summed E-state index contributed by atoms with van der Waals surface area (Å²) in [6, 6.07) is 6.02. The molecule has 17 heavy (non-hydrogen) atoms. The van der Waals surface area contributed by atoms with Crippen molar-refractivity contribution in [2.24, 2.45) is 0 Å². The Morgan fingerprint density at radius 2 is 2.18 bits per heavy atom. The lowest BCUT2D eigenvalue weighted by atomic mass is 10.2. The van der Waals surface area contributed by atoms with Crippen LogP contribution in [0, 0.1) is 12.7 Å². The number of rotatable bonds is 2. The highest BCUT2D eigenvalue weighted by molar-refractivity contribution is 6.31. The molecule has 0 bridgehead atoms. The van der Waals surface area contributed by atoms with E-state index in [1.165, 1.54) is 18.3 Å². The van der Waals surface area contributed by atoms with Crippen LogP contribution in [0.3, 0.4) is 0 Å². The summed E-state index contributed by atoms with van der Waals surface area (Å²) < 4.78 is 13.3. The van der Waals surface area contributed by atoms with E-state index in [1.807, 2.05) is 0 Å². The number of nitrogens with one attached hydrogen (secondary N) is 2. The summed E-state index contributed by atoms with van der Waals surface area (Å²) in [4.78, 5) is 14.4. The molecule has 0 saturated heterocycles. The van der Waals surface area contributed by atoms with E-state index in [1.54, 1.807) is 19.1 Å². The van der Waals surface area contributed by atoms with Gasteiger partial charge in [0.05, 0.1) is 5.02 Å². The van der Waals surface area contributed by atoms with Gasteiger partial charge in [-0.2, -0.15) is 0 Å². The molecule has 0 fully saturated rings. The van der Waals surface area contributed by atoms with Gasteiger partial charge in [-0.15, -0.1) is 0 Å². The fourth-order valence-electron chi connectivity index (χ4n) is 1.37. The predicted octanol–water partition coefficient (Wildman–Crippen LogP) is 3.37. The van der Waals surface area contributed by atoms with Crippen molar-refractivity contribution >= 4 is 23.2 Å². The summed E-state index contributed by atoms with van der Waals surface area (Å²) in [6.07, 6.45) is 1.51. The fourth-order valence-corrected chi connectivity index (χ4v) is 1.53. The lowest BCUT2D eigenvalue weighted by molar-refractivity contribution is 0.102. The van der Waals surface area contributed by atoms with E-state index in [0.29, 0.717) is 22.0 Å². The van der Waals surface area contributed by atoms with Crippen molar-refractivity contribution < 1.29 is 9.18 Å². The molecule has 0 aliphatic carbocycles. The average molecular weight is 253 g/mol. The van der Waals surface area contributed by atoms with E-state index in [9.17, 15) is 9.18 Å². The topological polar surface area (TPSA) is 44.9 Å². The van der Waals surface area contributed by atoms with Gasteiger partial charge in [0.2, 0.25) is 0 Å². The Morgan fingerprint density at radius 3 is 2.76 bits per heavy atom. The van der Waals surface area contributed by atoms with Gasteiger partial charge in [0.1, 0.15) is 11.5 Å². The maximum atomic E-state index is 13.3. The SMILES string of the molecule is Cc1ccc(NC(=O)c2cc(Cl)c[nH]2)cc1F. The van der Waals surface area contributed by atoms with Gasteiger partial charge >= 0.3 is 0 Å². The summed E-state index contributed by atoms with van der Waals surface area (Å²) in [5.74, 6) is -0.715. The molecule has 0 aliphatic heterocycles. The fraction of sp³-hybridized carbons (Fsp3) is 0.0833. The molecule has 1 aromatic carbocycles. The molecule has 0 radical (unpaired) electrons. The van der Waals surface area contributed by atoms with Crippen LogP contribution in [0.2, 0.25) is 5.02 Å². The Balaban J connectivity index is 2.15. The zero-order valence-electron chi connectivity index (χ0n) is 9.05. The number of aromatic amines is 1. The molecule has 1 amide bonds. The minimum absolute atomic E-state index is 0.330. The van der Waals surface area contributed by atoms with Crippen LogP contribution in [-0.2, 0) is 0 Å². The molecule has 0 atom stereocenters. The second-order valence-electron chi connectivity index (χ2n) is 3.65. The number of carbonyl (C=O) groups is 1. The van der Waals surface area contributed by atoms with Crippen LogP contribution < -0.4 is 5.32 Å². The Bertz CT molecular complexity index is 565. The van der Waals surface area contributed by atoms with Gasteiger partial charge in [0.15, 0.2) is 0 Å². The zero-order chi connectivity index (χ0) is 12.4. The van der Waals surface area contributed by atoms with Crippen molar-refractivity contribution in [3.63, 3.8) is 0 Å². The third-order valence-electron chi connectivity index (χ3n) is 2.32. The summed E-state index contributed by atoms with van der Waals surface area (Å²) in [5.41, 5.74) is 1.27. The van der Waals surface area contributed by atoms with Crippen molar-refractivity contribution in [1.82, 2.24) is 4.98 Å². The number of aryl methyl sites for hydroxylation is 1. The minimum Gasteiger partial charge on any atom is -0.356 e. The third-order valence-corrected chi connectivity index (χ3v) is 2.54. The number of aromatic nitrogens is 1. The highest BCUT2D eigenvalue weighted by atomic mass is 35.5. The van der Waals surface area contributed by atoms with E-state index in [-0.39, 0.29) is 11.7 Å². The highest BCUT2D eigenvalue weighted by Crippen LogP contribution is 2.15. The second kappa shape index (κ2) is 4.59. The van der Waals surface area contributed by atoms with Crippen molar-refractivity contribution in [1.29, 1.82) is 0 Å². The molecule has 88 valence electrons. The monoisotopic (exact) mass is 252 g/mol. The van der Waals surface area contributed by atoms with Crippen LogP contribution in [-0.4, -0.2) is 10.9 Å². The number of H-pyrrole nitrogens is 1. The van der Waals surface area contributed by atoms with Crippen LogP contribution in [0.25, 0.3) is 0 Å². The summed E-state index contributed by atoms with van der Waals surface area (Å²) >= 11 is 5.68. The Hall–Kier alpha value is -1.81. The van der Waals surface area contributed by atoms with Crippen molar-refractivity contribution in [3.05, 3.63) is 52.6 Å². The number of hydrogen-bond donors (Lipinski definition) is 2. The molecule has 1 aromatic heterocycles. The zero-order valence-corrected chi connectivity index (χ0v) is 9.81. The van der Waals surface area contributed by atoms with Gasteiger partial charge in [0, 0.05) is 11.9 Å². The van der Waals surface area contributed by atoms with Crippen LogP contribution in [0.1, 0.15) is 16.1 Å². The summed E-state index contributed by atoms with van der Waals surface area (Å²) in [7, 11) is 0. The van der Waals surface area contributed by atoms with Crippen molar-refractivity contribution in [2.75, 3.05) is 5.32 Å². The van der Waals surface area contributed by atoms with E-state index in [0.717, 1.165) is 0 Å². The first-order chi connectivity index (χ1) is 8.06. The molecule has 3 nitrogen and oxygen atoms in total. The van der Waals surface area contributed by atoms with E-state index >= 15 is 0 Å². The van der Waals surface area contributed by atoms with Crippen LogP contribution in [0.15, 0.2) is 30.5 Å². The first kappa shape index (κ1) is 11.7. The molecule has 0 saturated carbocycles. The largest absolute Gasteiger partial charge is 0.356 e. The molecule has 2 N–H and O–H groups in total. The lowest BCUT2D eigenvalue weighted by Crippen LogP contribution is -2.12. The number of benzene rings is 1. The van der Waals surface area contributed by atoms with Crippen LogP contribution in [0.4, 0.5) is 10.1 Å². The van der Waals surface area contributed by atoms with E-state index < -0.39 is 0 Å². The molecule has 2 aromatic rings. The quantitative estimate of drug-likeness (QED) is 0.846. The maximum absolute atomic E-state index is 13.3. The second-order valence-corrected chi connectivity index (χ2v) is 4.09. The Morgan fingerprint density at radius 1 is 1.41 bits per heavy atom. The summed E-state index contributed by atoms with van der Waals surface area (Å²) in [5, 5.41) is 3.02. The van der Waals surface area contributed by atoms with Crippen molar-refractivity contribution in [2.45, 2.75) is 6.92 Å². The van der Waals surface area contributed by atoms with Gasteiger partial charge in [-0.25, -0.2) is 4.39 Å². The van der Waals surface area contributed by atoms with Gasteiger partial charge in [0.25, 0.3) is 5.91 Å². The minimum atomic E-state index is -0.361. The first-order valence-electron chi connectivity index (χ1n) is 4.97. The number of hydrogen-bond acceptors (Lipinski definition) is 1. The standard InChI is InChI=1S/C12H10ClFN2O/c1-7-2-3-9(5-10(7)14)16-12(17)11-4-8(13)6-15-11/h2-6,15H,1H3,(H,16,17). The van der Waals surface area contributed by atoms with Gasteiger partial charge in [-0.1, -0.05) is 17.7 Å². The smallest absolute Gasteiger partial charge is 0.272 e.